The van der Waals surface area contributed by atoms with Gasteiger partial charge in [-0.05, 0) is 80.1 Å². The minimum absolute atomic E-state index is 0.0769. The second-order valence-electron chi connectivity index (χ2n) is 11.5. The first kappa shape index (κ1) is 28.4. The van der Waals surface area contributed by atoms with Gasteiger partial charge in [0.15, 0.2) is 0 Å². The van der Waals surface area contributed by atoms with Gasteiger partial charge in [-0.1, -0.05) is 30.7 Å². The van der Waals surface area contributed by atoms with Crippen molar-refractivity contribution in [3.05, 3.63) is 54.1 Å². The molecule has 5 rings (SSSR count). The lowest BCUT2D eigenvalue weighted by Crippen LogP contribution is -2.53. The van der Waals surface area contributed by atoms with Gasteiger partial charge in [0.2, 0.25) is 5.91 Å². The molecule has 7 nitrogen and oxygen atoms in total. The number of primary amides is 1. The van der Waals surface area contributed by atoms with Crippen molar-refractivity contribution < 1.29 is 32.6 Å². The molecular formula is C30H36F3N3O4. The normalized spacial score (nSPS) is 23.6. The van der Waals surface area contributed by atoms with Gasteiger partial charge in [0.1, 0.15) is 11.8 Å². The van der Waals surface area contributed by atoms with E-state index in [1.165, 1.54) is 4.90 Å². The molecule has 2 saturated heterocycles. The van der Waals surface area contributed by atoms with Crippen molar-refractivity contribution in [3.8, 4) is 16.9 Å². The molecule has 1 aliphatic carbocycles. The Bertz CT molecular complexity index is 1190. The smallest absolute Gasteiger partial charge is 0.395 e. The molecule has 0 bridgehead atoms. The Balaban J connectivity index is 1.10. The maximum absolute atomic E-state index is 13.5. The number of carbonyl (C=O) groups is 2. The summed E-state index contributed by atoms with van der Waals surface area (Å²) in [4.78, 5) is 27.8. The van der Waals surface area contributed by atoms with Crippen molar-refractivity contribution in [3.63, 3.8) is 0 Å². The van der Waals surface area contributed by atoms with Crippen LogP contribution in [-0.2, 0) is 4.79 Å². The Hall–Kier alpha value is -3.11. The highest BCUT2D eigenvalue weighted by atomic mass is 19.4. The van der Waals surface area contributed by atoms with Crippen LogP contribution < -0.4 is 10.5 Å². The number of halogens is 3. The molecule has 40 heavy (non-hydrogen) atoms. The number of carbonyl (C=O) groups excluding carboxylic acids is 2. The van der Waals surface area contributed by atoms with Crippen molar-refractivity contribution in [2.45, 2.75) is 56.8 Å². The number of β-amino-alcohol motifs (C(OH)–C–C–N with tert-alkyl or cyclic N) is 1. The summed E-state index contributed by atoms with van der Waals surface area (Å²) in [7, 11) is 0. The van der Waals surface area contributed by atoms with Crippen LogP contribution in [0.5, 0.6) is 5.75 Å². The molecule has 2 aromatic carbocycles. The number of amides is 2. The summed E-state index contributed by atoms with van der Waals surface area (Å²) in [5.41, 5.74) is 6.16. The number of aliphatic hydroxyl groups excluding tert-OH is 1. The van der Waals surface area contributed by atoms with Crippen LogP contribution in [0.15, 0.2) is 48.5 Å². The van der Waals surface area contributed by atoms with Crippen LogP contribution in [0.25, 0.3) is 11.1 Å². The predicted octanol–water partition coefficient (Wildman–Crippen LogP) is 4.24. The molecule has 10 heteroatoms. The van der Waals surface area contributed by atoms with Gasteiger partial charge in [-0.2, -0.15) is 13.2 Å². The van der Waals surface area contributed by atoms with E-state index in [1.54, 1.807) is 12.1 Å². The second-order valence-corrected chi connectivity index (χ2v) is 11.5. The van der Waals surface area contributed by atoms with E-state index in [1.807, 2.05) is 41.3 Å². The SMILES string of the molecule is NC(=O)C1CC(O)CN1C(=O)c1ccc(-c2ccc(OCC3CCN(CC4(C(F)(F)F)CCC4)CC3)cc2)cc1. The van der Waals surface area contributed by atoms with E-state index in [0.29, 0.717) is 37.6 Å². The fourth-order valence-electron chi connectivity index (χ4n) is 6.11. The number of nitrogens with two attached hydrogens (primary N) is 1. The molecule has 2 aromatic rings. The Labute approximate surface area is 232 Å². The maximum Gasteiger partial charge on any atom is 0.395 e. The lowest BCUT2D eigenvalue weighted by Gasteiger charge is -2.47. The summed E-state index contributed by atoms with van der Waals surface area (Å²) in [6, 6.07) is 13.9. The molecule has 2 unspecified atom stereocenters. The highest BCUT2D eigenvalue weighted by molar-refractivity contribution is 5.98. The molecule has 216 valence electrons. The van der Waals surface area contributed by atoms with Crippen LogP contribution in [0.4, 0.5) is 13.2 Å². The lowest BCUT2D eigenvalue weighted by atomic mass is 9.67. The monoisotopic (exact) mass is 559 g/mol. The number of piperidine rings is 1. The van der Waals surface area contributed by atoms with E-state index in [-0.39, 0.29) is 38.3 Å². The standard InChI is InChI=1S/C30H36F3N3O4/c31-30(32,33)29(12-1-13-29)19-35-14-10-20(11-15-35)18-40-25-8-6-22(7-9-25)21-2-4-23(5-3-21)28(39)36-17-24(37)16-26(36)27(34)38/h2-9,20,24,26,37H,1,10-19H2,(H2,34,38). The second kappa shape index (κ2) is 11.4. The first-order chi connectivity index (χ1) is 19.0. The van der Waals surface area contributed by atoms with Crippen molar-refractivity contribution in [1.29, 1.82) is 0 Å². The first-order valence-electron chi connectivity index (χ1n) is 14.0. The molecule has 1 saturated carbocycles. The predicted molar refractivity (Wildman–Crippen MR) is 144 cm³/mol. The van der Waals surface area contributed by atoms with Gasteiger partial charge in [-0.25, -0.2) is 0 Å². The van der Waals surface area contributed by atoms with Crippen molar-refractivity contribution in [1.82, 2.24) is 9.80 Å². The van der Waals surface area contributed by atoms with Crippen molar-refractivity contribution in [2.24, 2.45) is 17.1 Å². The maximum atomic E-state index is 13.5. The highest BCUT2D eigenvalue weighted by Crippen LogP contribution is 2.53. The summed E-state index contributed by atoms with van der Waals surface area (Å²) in [5, 5.41) is 9.88. The van der Waals surface area contributed by atoms with Gasteiger partial charge in [-0.15, -0.1) is 0 Å². The third kappa shape index (κ3) is 5.98. The molecule has 2 amide bonds. The number of hydrogen-bond acceptors (Lipinski definition) is 5. The summed E-state index contributed by atoms with van der Waals surface area (Å²) in [6.07, 6.45) is -1.92. The van der Waals surface area contributed by atoms with E-state index in [2.05, 4.69) is 0 Å². The zero-order chi connectivity index (χ0) is 28.5. The van der Waals surface area contributed by atoms with Crippen molar-refractivity contribution in [2.75, 3.05) is 32.8 Å². The molecule has 2 heterocycles. The molecule has 0 aromatic heterocycles. The topological polar surface area (TPSA) is 96.1 Å². The number of rotatable bonds is 8. The number of nitrogens with zero attached hydrogens (tertiary/aromatic N) is 2. The van der Waals surface area contributed by atoms with Gasteiger partial charge in [0, 0.05) is 25.1 Å². The molecular weight excluding hydrogens is 523 g/mol. The van der Waals surface area contributed by atoms with E-state index in [9.17, 15) is 27.9 Å². The largest absolute Gasteiger partial charge is 0.493 e. The van der Waals surface area contributed by atoms with Gasteiger partial charge in [0.25, 0.3) is 5.91 Å². The highest BCUT2D eigenvalue weighted by Gasteiger charge is 2.58. The Morgan fingerprint density at radius 1 is 1.00 bits per heavy atom. The van der Waals surface area contributed by atoms with Crippen LogP contribution in [0.2, 0.25) is 0 Å². The number of aliphatic hydroxyl groups is 1. The Morgan fingerprint density at radius 3 is 2.12 bits per heavy atom. The number of alkyl halides is 3. The quantitative estimate of drug-likeness (QED) is 0.505. The molecule has 2 aliphatic heterocycles. The number of likely N-dealkylation sites (tertiary alicyclic amines) is 2. The third-order valence-electron chi connectivity index (χ3n) is 8.82. The number of benzene rings is 2. The molecule has 3 aliphatic rings. The van der Waals surface area contributed by atoms with Crippen LogP contribution >= 0.6 is 0 Å². The zero-order valence-corrected chi connectivity index (χ0v) is 22.4. The van der Waals surface area contributed by atoms with Gasteiger partial charge < -0.3 is 25.4 Å². The van der Waals surface area contributed by atoms with Gasteiger partial charge in [-0.3, -0.25) is 9.59 Å². The summed E-state index contributed by atoms with van der Waals surface area (Å²) in [5.74, 6) is 0.0742. The van der Waals surface area contributed by atoms with Crippen LogP contribution in [0.3, 0.4) is 0 Å². The Morgan fingerprint density at radius 2 is 1.60 bits per heavy atom. The minimum atomic E-state index is -4.12. The average molecular weight is 560 g/mol. The molecule has 2 atom stereocenters. The molecule has 0 spiro atoms. The van der Waals surface area contributed by atoms with E-state index in [0.717, 1.165) is 29.7 Å². The average Bonchev–Trinajstić information content (AvgIpc) is 3.31. The van der Waals surface area contributed by atoms with Gasteiger partial charge >= 0.3 is 6.18 Å². The van der Waals surface area contributed by atoms with Crippen LogP contribution in [0.1, 0.15) is 48.9 Å². The fourth-order valence-corrected chi connectivity index (χ4v) is 6.11. The summed E-state index contributed by atoms with van der Waals surface area (Å²) < 4.78 is 46.5. The number of hydrogen-bond donors (Lipinski definition) is 2. The fraction of sp³-hybridized carbons (Fsp3) is 0.533. The van der Waals surface area contributed by atoms with Crippen LogP contribution in [0, 0.1) is 11.3 Å². The zero-order valence-electron chi connectivity index (χ0n) is 22.4. The van der Waals surface area contributed by atoms with Gasteiger partial charge in [0.05, 0.1) is 18.1 Å². The van der Waals surface area contributed by atoms with Crippen LogP contribution in [-0.4, -0.2) is 77.8 Å². The molecule has 3 fully saturated rings. The lowest BCUT2D eigenvalue weighted by molar-refractivity contribution is -0.256. The number of ether oxygens (including phenoxy) is 1. The Kier molecular flexibility index (Phi) is 8.10. The summed E-state index contributed by atoms with van der Waals surface area (Å²) >= 11 is 0. The van der Waals surface area contributed by atoms with Crippen molar-refractivity contribution >= 4 is 11.8 Å². The van der Waals surface area contributed by atoms with E-state index >= 15 is 0 Å². The van der Waals surface area contributed by atoms with E-state index < -0.39 is 29.6 Å². The third-order valence-corrected chi connectivity index (χ3v) is 8.82. The summed E-state index contributed by atoms with van der Waals surface area (Å²) in [6.45, 7) is 2.07. The first-order valence-corrected chi connectivity index (χ1v) is 14.0. The van der Waals surface area contributed by atoms with E-state index in [4.69, 9.17) is 10.5 Å². The molecule has 3 N–H and O–H groups in total. The minimum Gasteiger partial charge on any atom is -0.493 e. The molecule has 0 radical (unpaired) electrons.